The number of rotatable bonds is 5. The zero-order chi connectivity index (χ0) is 17.9. The van der Waals surface area contributed by atoms with E-state index in [1.807, 2.05) is 31.7 Å². The number of nitrogens with zero attached hydrogens (tertiary/aromatic N) is 1. The molecule has 0 saturated carbocycles. The number of amides is 2. The van der Waals surface area contributed by atoms with Crippen molar-refractivity contribution in [3.63, 3.8) is 0 Å². The number of ether oxygens (including phenoxy) is 2. The molecule has 24 heavy (non-hydrogen) atoms. The maximum atomic E-state index is 12.3. The molecule has 1 aromatic carbocycles. The summed E-state index contributed by atoms with van der Waals surface area (Å²) in [5.41, 5.74) is 0.613. The van der Waals surface area contributed by atoms with Crippen LogP contribution in [0, 0.1) is 0 Å². The average molecular weight is 334 g/mol. The predicted octanol–water partition coefficient (Wildman–Crippen LogP) is 1.76. The van der Waals surface area contributed by atoms with Crippen molar-refractivity contribution in [1.29, 1.82) is 0 Å². The summed E-state index contributed by atoms with van der Waals surface area (Å²) in [7, 11) is 3.13. The van der Waals surface area contributed by atoms with Gasteiger partial charge in [-0.15, -0.1) is 0 Å². The van der Waals surface area contributed by atoms with E-state index in [9.17, 15) is 9.59 Å². The number of carbonyl (C=O) groups excluding carboxylic acids is 2. The Balaban J connectivity index is 1.96. The van der Waals surface area contributed by atoms with Gasteiger partial charge in [-0.2, -0.15) is 0 Å². The molecule has 1 atom stereocenters. The van der Waals surface area contributed by atoms with Crippen LogP contribution in [0.3, 0.4) is 0 Å². The summed E-state index contributed by atoms with van der Waals surface area (Å²) in [4.78, 5) is 26.2. The minimum atomic E-state index is -0.222. The van der Waals surface area contributed by atoms with E-state index in [4.69, 9.17) is 9.47 Å². The summed E-state index contributed by atoms with van der Waals surface area (Å²) in [6, 6.07) is 5.27. The first-order valence-electron chi connectivity index (χ1n) is 8.05. The van der Waals surface area contributed by atoms with Gasteiger partial charge in [0.05, 0.1) is 26.7 Å². The predicted molar refractivity (Wildman–Crippen MR) is 91.3 cm³/mol. The first-order valence-corrected chi connectivity index (χ1v) is 8.05. The van der Waals surface area contributed by atoms with Gasteiger partial charge in [0.15, 0.2) is 11.5 Å². The molecule has 0 spiro atoms. The van der Waals surface area contributed by atoms with E-state index < -0.39 is 0 Å². The summed E-state index contributed by atoms with van der Waals surface area (Å²) < 4.78 is 10.4. The largest absolute Gasteiger partial charge is 0.493 e. The lowest BCUT2D eigenvalue weighted by atomic mass is 10.1. The average Bonchev–Trinajstić information content (AvgIpc) is 2.87. The van der Waals surface area contributed by atoms with Gasteiger partial charge in [0, 0.05) is 18.5 Å². The Hall–Kier alpha value is -2.24. The lowest BCUT2D eigenvalue weighted by molar-refractivity contribution is -0.131. The molecule has 2 rings (SSSR count). The molecule has 0 bridgehead atoms. The summed E-state index contributed by atoms with van der Waals surface area (Å²) >= 11 is 0. The first-order chi connectivity index (χ1) is 11.2. The first kappa shape index (κ1) is 18.1. The number of methoxy groups -OCH3 is 2. The Labute approximate surface area is 143 Å². The van der Waals surface area contributed by atoms with Crippen molar-refractivity contribution in [2.45, 2.75) is 45.2 Å². The van der Waals surface area contributed by atoms with Crippen molar-refractivity contribution in [3.05, 3.63) is 23.8 Å². The monoisotopic (exact) mass is 334 g/mol. The molecule has 6 nitrogen and oxygen atoms in total. The van der Waals surface area contributed by atoms with E-state index in [0.29, 0.717) is 24.5 Å². The van der Waals surface area contributed by atoms with E-state index in [0.717, 1.165) is 5.56 Å². The molecule has 1 fully saturated rings. The fourth-order valence-electron chi connectivity index (χ4n) is 2.91. The van der Waals surface area contributed by atoms with Gasteiger partial charge in [-0.25, -0.2) is 0 Å². The molecule has 1 unspecified atom stereocenters. The highest BCUT2D eigenvalue weighted by Gasteiger charge is 2.36. The second-order valence-electron chi connectivity index (χ2n) is 7.01. The van der Waals surface area contributed by atoms with Gasteiger partial charge in [0.25, 0.3) is 0 Å². The van der Waals surface area contributed by atoms with Crippen LogP contribution in [0.5, 0.6) is 11.5 Å². The molecule has 1 aromatic rings. The summed E-state index contributed by atoms with van der Waals surface area (Å²) in [6.07, 6.45) is 0.593. The van der Waals surface area contributed by atoms with Crippen LogP contribution in [0.2, 0.25) is 0 Å². The number of hydrogen-bond donors (Lipinski definition) is 1. The third-order valence-electron chi connectivity index (χ3n) is 4.11. The van der Waals surface area contributed by atoms with Gasteiger partial charge in [-0.1, -0.05) is 6.07 Å². The molecule has 1 aliphatic rings. The second-order valence-corrected chi connectivity index (χ2v) is 7.01. The SMILES string of the molecule is COc1ccc(CC(=O)NC2CC(=O)N(C(C)(C)C)C2)cc1OC. The maximum Gasteiger partial charge on any atom is 0.225 e. The molecule has 1 N–H and O–H groups in total. The van der Waals surface area contributed by atoms with Crippen LogP contribution in [0.25, 0.3) is 0 Å². The standard InChI is InChI=1S/C18H26N2O4/c1-18(2,3)20-11-13(10-17(20)22)19-16(21)9-12-6-7-14(23-4)15(8-12)24-5/h6-8,13H,9-11H2,1-5H3,(H,19,21). The fraction of sp³-hybridized carbons (Fsp3) is 0.556. The van der Waals surface area contributed by atoms with E-state index in [-0.39, 0.29) is 29.8 Å². The van der Waals surface area contributed by atoms with Crippen molar-refractivity contribution in [3.8, 4) is 11.5 Å². The van der Waals surface area contributed by atoms with Crippen LogP contribution in [0.1, 0.15) is 32.8 Å². The quantitative estimate of drug-likeness (QED) is 0.891. The van der Waals surface area contributed by atoms with Crippen LogP contribution >= 0.6 is 0 Å². The van der Waals surface area contributed by atoms with E-state index in [1.54, 1.807) is 26.4 Å². The van der Waals surface area contributed by atoms with Crippen LogP contribution < -0.4 is 14.8 Å². The van der Waals surface area contributed by atoms with Crippen LogP contribution in [0.4, 0.5) is 0 Å². The summed E-state index contributed by atoms with van der Waals surface area (Å²) in [5.74, 6) is 1.20. The molecule has 0 radical (unpaired) electrons. The highest BCUT2D eigenvalue weighted by molar-refractivity contribution is 5.83. The van der Waals surface area contributed by atoms with Gasteiger partial charge in [0.1, 0.15) is 0 Å². The molecule has 2 amide bonds. The molecule has 1 saturated heterocycles. The number of likely N-dealkylation sites (tertiary alicyclic amines) is 1. The molecule has 1 heterocycles. The number of nitrogens with one attached hydrogen (secondary N) is 1. The Morgan fingerprint density at radius 3 is 2.46 bits per heavy atom. The van der Waals surface area contributed by atoms with Crippen LogP contribution in [-0.2, 0) is 16.0 Å². The van der Waals surface area contributed by atoms with Crippen molar-refractivity contribution < 1.29 is 19.1 Å². The van der Waals surface area contributed by atoms with Crippen molar-refractivity contribution in [2.75, 3.05) is 20.8 Å². The Morgan fingerprint density at radius 1 is 1.25 bits per heavy atom. The van der Waals surface area contributed by atoms with Gasteiger partial charge in [-0.3, -0.25) is 9.59 Å². The molecule has 1 aliphatic heterocycles. The van der Waals surface area contributed by atoms with Crippen LogP contribution in [-0.4, -0.2) is 49.1 Å². The highest BCUT2D eigenvalue weighted by Crippen LogP contribution is 2.28. The molecule has 132 valence electrons. The lowest BCUT2D eigenvalue weighted by Crippen LogP contribution is -2.44. The third kappa shape index (κ3) is 4.19. The minimum Gasteiger partial charge on any atom is -0.493 e. The smallest absolute Gasteiger partial charge is 0.225 e. The molecular weight excluding hydrogens is 308 g/mol. The third-order valence-corrected chi connectivity index (χ3v) is 4.11. The highest BCUT2D eigenvalue weighted by atomic mass is 16.5. The Bertz CT molecular complexity index is 622. The Kier molecular flexibility index (Phi) is 5.36. The minimum absolute atomic E-state index is 0.0823. The zero-order valence-electron chi connectivity index (χ0n) is 15.0. The summed E-state index contributed by atoms with van der Waals surface area (Å²) in [6.45, 7) is 6.55. The zero-order valence-corrected chi connectivity index (χ0v) is 15.0. The molecular formula is C18H26N2O4. The van der Waals surface area contributed by atoms with Gasteiger partial charge >= 0.3 is 0 Å². The molecule has 0 aliphatic carbocycles. The van der Waals surface area contributed by atoms with Gasteiger partial charge in [0.2, 0.25) is 11.8 Å². The lowest BCUT2D eigenvalue weighted by Gasteiger charge is -2.32. The normalized spacial score (nSPS) is 17.8. The number of benzene rings is 1. The fourth-order valence-corrected chi connectivity index (χ4v) is 2.91. The topological polar surface area (TPSA) is 67.9 Å². The van der Waals surface area contributed by atoms with E-state index >= 15 is 0 Å². The van der Waals surface area contributed by atoms with Crippen molar-refractivity contribution in [2.24, 2.45) is 0 Å². The van der Waals surface area contributed by atoms with Gasteiger partial charge < -0.3 is 19.7 Å². The van der Waals surface area contributed by atoms with E-state index in [1.165, 1.54) is 0 Å². The van der Waals surface area contributed by atoms with E-state index in [2.05, 4.69) is 5.32 Å². The van der Waals surface area contributed by atoms with Crippen molar-refractivity contribution in [1.82, 2.24) is 10.2 Å². The van der Waals surface area contributed by atoms with Crippen molar-refractivity contribution >= 4 is 11.8 Å². The Morgan fingerprint density at radius 2 is 1.92 bits per heavy atom. The molecule has 0 aromatic heterocycles. The number of hydrogen-bond acceptors (Lipinski definition) is 4. The van der Waals surface area contributed by atoms with Crippen LogP contribution in [0.15, 0.2) is 18.2 Å². The second kappa shape index (κ2) is 7.11. The maximum absolute atomic E-state index is 12.3. The number of carbonyl (C=O) groups is 2. The molecule has 6 heteroatoms. The van der Waals surface area contributed by atoms with Gasteiger partial charge in [-0.05, 0) is 38.5 Å². The summed E-state index contributed by atoms with van der Waals surface area (Å²) in [5, 5.41) is 2.95.